The van der Waals surface area contributed by atoms with E-state index in [0.29, 0.717) is 0 Å². The smallest absolute Gasteiger partial charge is 0.258 e. The molecular weight excluding hydrogens is 256 g/mol. The second kappa shape index (κ2) is 4.08. The molecule has 84 valence electrons. The van der Waals surface area contributed by atoms with Crippen LogP contribution in [0.3, 0.4) is 0 Å². The van der Waals surface area contributed by atoms with Gasteiger partial charge >= 0.3 is 0 Å². The monoisotopic (exact) mass is 260 g/mol. The third kappa shape index (κ3) is 2.29. The van der Waals surface area contributed by atoms with Crippen LogP contribution in [0.25, 0.3) is 0 Å². The molecule has 0 saturated heterocycles. The summed E-state index contributed by atoms with van der Waals surface area (Å²) >= 11 is 0. The lowest BCUT2D eigenvalue weighted by Crippen LogP contribution is -1.99. The van der Waals surface area contributed by atoms with Gasteiger partial charge in [0.05, 0.1) is 9.82 Å². The van der Waals surface area contributed by atoms with Crippen molar-refractivity contribution in [2.24, 2.45) is 0 Å². The summed E-state index contributed by atoms with van der Waals surface area (Å²) in [6.07, 6.45) is 0. The SMILES string of the molecule is Cc1cc(S(=O)(=O)Cl)cc(C#N)c1[N+](=O)[O-]. The zero-order valence-electron chi connectivity index (χ0n) is 7.97. The summed E-state index contributed by atoms with van der Waals surface area (Å²) in [6, 6.07) is 3.50. The standard InChI is InChI=1S/C8H5ClN2O4S/c1-5-2-7(16(9,14)15)3-6(4-10)8(5)11(12)13/h2-3H,1H3. The first-order valence-corrected chi connectivity index (χ1v) is 6.22. The Morgan fingerprint density at radius 3 is 2.44 bits per heavy atom. The van der Waals surface area contributed by atoms with Crippen LogP contribution in [0.4, 0.5) is 5.69 Å². The van der Waals surface area contributed by atoms with Gasteiger partial charge in [0.1, 0.15) is 11.6 Å². The molecule has 0 saturated carbocycles. The molecule has 6 nitrogen and oxygen atoms in total. The van der Waals surface area contributed by atoms with Crippen LogP contribution in [0.15, 0.2) is 17.0 Å². The zero-order chi connectivity index (χ0) is 12.5. The second-order valence-corrected chi connectivity index (χ2v) is 5.51. The summed E-state index contributed by atoms with van der Waals surface area (Å²) < 4.78 is 22.0. The summed E-state index contributed by atoms with van der Waals surface area (Å²) in [7, 11) is 1.08. The molecule has 1 rings (SSSR count). The molecule has 0 N–H and O–H groups in total. The van der Waals surface area contributed by atoms with E-state index in [1.54, 1.807) is 6.07 Å². The van der Waals surface area contributed by atoms with Gasteiger partial charge in [-0.2, -0.15) is 5.26 Å². The Labute approximate surface area is 95.6 Å². The molecule has 16 heavy (non-hydrogen) atoms. The molecule has 0 amide bonds. The maximum atomic E-state index is 11.0. The number of nitro benzene ring substituents is 1. The summed E-state index contributed by atoms with van der Waals surface area (Å²) in [5.74, 6) is 0. The van der Waals surface area contributed by atoms with Crippen LogP contribution in [0.5, 0.6) is 0 Å². The fourth-order valence-electron chi connectivity index (χ4n) is 1.21. The van der Waals surface area contributed by atoms with Crippen LogP contribution in [0, 0.1) is 28.4 Å². The van der Waals surface area contributed by atoms with Crippen LogP contribution in [0.2, 0.25) is 0 Å². The van der Waals surface area contributed by atoms with E-state index in [1.165, 1.54) is 6.92 Å². The number of halogens is 1. The molecule has 0 unspecified atom stereocenters. The Kier molecular flexibility index (Phi) is 3.16. The van der Waals surface area contributed by atoms with E-state index in [0.717, 1.165) is 12.1 Å². The fraction of sp³-hybridized carbons (Fsp3) is 0.125. The number of benzene rings is 1. The Bertz CT molecular complexity index is 603. The number of hydrogen-bond acceptors (Lipinski definition) is 5. The summed E-state index contributed by atoms with van der Waals surface area (Å²) in [4.78, 5) is 9.57. The van der Waals surface area contributed by atoms with Gasteiger partial charge in [0.2, 0.25) is 0 Å². The molecule has 0 bridgehead atoms. The quantitative estimate of drug-likeness (QED) is 0.457. The van der Waals surface area contributed by atoms with Gasteiger partial charge in [0.25, 0.3) is 14.7 Å². The van der Waals surface area contributed by atoms with Gasteiger partial charge < -0.3 is 0 Å². The van der Waals surface area contributed by atoms with E-state index in [4.69, 9.17) is 15.9 Å². The third-order valence-corrected chi connectivity index (χ3v) is 3.19. The van der Waals surface area contributed by atoms with E-state index < -0.39 is 19.7 Å². The third-order valence-electron chi connectivity index (χ3n) is 1.86. The number of aryl methyl sites for hydroxylation is 1. The predicted molar refractivity (Wildman–Crippen MR) is 55.6 cm³/mol. The molecule has 0 aromatic heterocycles. The Balaban J connectivity index is 3.65. The average molecular weight is 261 g/mol. The van der Waals surface area contributed by atoms with Crippen molar-refractivity contribution in [1.82, 2.24) is 0 Å². The summed E-state index contributed by atoms with van der Waals surface area (Å²) in [5, 5.41) is 19.3. The van der Waals surface area contributed by atoms with Crippen LogP contribution in [-0.2, 0) is 9.05 Å². The maximum absolute atomic E-state index is 11.0. The van der Waals surface area contributed by atoms with Gasteiger partial charge in [0, 0.05) is 16.2 Å². The Hall–Kier alpha value is -1.65. The molecule has 0 aliphatic rings. The van der Waals surface area contributed by atoms with Crippen LogP contribution in [0.1, 0.15) is 11.1 Å². The first kappa shape index (κ1) is 12.4. The van der Waals surface area contributed by atoms with Crippen molar-refractivity contribution in [2.45, 2.75) is 11.8 Å². The molecule has 0 heterocycles. The molecule has 1 aromatic carbocycles. The number of nitro groups is 1. The number of rotatable bonds is 2. The Morgan fingerprint density at radius 2 is 2.06 bits per heavy atom. The van der Waals surface area contributed by atoms with Gasteiger partial charge in [-0.25, -0.2) is 8.42 Å². The number of nitriles is 1. The van der Waals surface area contributed by atoms with Crippen molar-refractivity contribution in [3.63, 3.8) is 0 Å². The fourth-order valence-corrected chi connectivity index (χ4v) is 2.06. The lowest BCUT2D eigenvalue weighted by atomic mass is 10.1. The molecule has 0 aliphatic carbocycles. The van der Waals surface area contributed by atoms with Gasteiger partial charge in [-0.05, 0) is 19.1 Å². The molecule has 0 radical (unpaired) electrons. The first-order valence-electron chi connectivity index (χ1n) is 3.91. The van der Waals surface area contributed by atoms with Crippen LogP contribution >= 0.6 is 10.7 Å². The lowest BCUT2D eigenvalue weighted by Gasteiger charge is -2.02. The summed E-state index contributed by atoms with van der Waals surface area (Å²) in [5.41, 5.74) is -0.668. The number of nitrogens with zero attached hydrogens (tertiary/aromatic N) is 2. The van der Waals surface area contributed by atoms with Crippen molar-refractivity contribution in [1.29, 1.82) is 5.26 Å². The molecule has 0 aliphatic heterocycles. The second-order valence-electron chi connectivity index (χ2n) is 2.94. The Morgan fingerprint density at radius 1 is 1.50 bits per heavy atom. The van der Waals surface area contributed by atoms with Crippen molar-refractivity contribution in [3.8, 4) is 6.07 Å². The van der Waals surface area contributed by atoms with Gasteiger partial charge in [0.15, 0.2) is 0 Å². The van der Waals surface area contributed by atoms with Gasteiger partial charge in [-0.3, -0.25) is 10.1 Å². The van der Waals surface area contributed by atoms with Crippen molar-refractivity contribution in [3.05, 3.63) is 33.4 Å². The van der Waals surface area contributed by atoms with E-state index in [9.17, 15) is 18.5 Å². The molecule has 8 heteroatoms. The highest BCUT2D eigenvalue weighted by atomic mass is 35.7. The van der Waals surface area contributed by atoms with E-state index in [-0.39, 0.29) is 16.0 Å². The first-order chi connectivity index (χ1) is 7.27. The molecule has 0 atom stereocenters. The van der Waals surface area contributed by atoms with Crippen molar-refractivity contribution in [2.75, 3.05) is 0 Å². The van der Waals surface area contributed by atoms with Crippen molar-refractivity contribution < 1.29 is 13.3 Å². The minimum Gasteiger partial charge on any atom is -0.258 e. The predicted octanol–water partition coefficient (Wildman–Crippen LogP) is 1.70. The zero-order valence-corrected chi connectivity index (χ0v) is 9.54. The highest BCUT2D eigenvalue weighted by Gasteiger charge is 2.22. The number of hydrogen-bond donors (Lipinski definition) is 0. The minimum absolute atomic E-state index is 0.0725. The highest BCUT2D eigenvalue weighted by Crippen LogP contribution is 2.27. The normalized spacial score (nSPS) is 10.8. The maximum Gasteiger partial charge on any atom is 0.290 e. The largest absolute Gasteiger partial charge is 0.290 e. The lowest BCUT2D eigenvalue weighted by molar-refractivity contribution is -0.385. The average Bonchev–Trinajstić information content (AvgIpc) is 2.14. The topological polar surface area (TPSA) is 101 Å². The molecular formula is C8H5ClN2O4S. The minimum atomic E-state index is -4.00. The highest BCUT2D eigenvalue weighted by molar-refractivity contribution is 8.13. The molecule has 0 spiro atoms. The molecule has 1 aromatic rings. The van der Waals surface area contributed by atoms with Crippen molar-refractivity contribution >= 4 is 25.4 Å². The van der Waals surface area contributed by atoms with Gasteiger partial charge in [-0.1, -0.05) is 0 Å². The van der Waals surface area contributed by atoms with E-state index in [1.807, 2.05) is 0 Å². The molecule has 0 fully saturated rings. The summed E-state index contributed by atoms with van der Waals surface area (Å²) in [6.45, 7) is 1.34. The van der Waals surface area contributed by atoms with Gasteiger partial charge in [-0.15, -0.1) is 0 Å². The van der Waals surface area contributed by atoms with Crippen LogP contribution < -0.4 is 0 Å². The van der Waals surface area contributed by atoms with E-state index in [2.05, 4.69) is 0 Å². The van der Waals surface area contributed by atoms with Crippen LogP contribution in [-0.4, -0.2) is 13.3 Å². The van der Waals surface area contributed by atoms with E-state index >= 15 is 0 Å².